The van der Waals surface area contributed by atoms with Gasteiger partial charge in [0, 0.05) is 13.5 Å². The molecule has 0 atom stereocenters. The van der Waals surface area contributed by atoms with Gasteiger partial charge in [-0.2, -0.15) is 0 Å². The molecule has 0 spiro atoms. The van der Waals surface area contributed by atoms with Crippen molar-refractivity contribution in [2.45, 2.75) is 26.8 Å². The Balaban J connectivity index is 2.75. The van der Waals surface area contributed by atoms with E-state index in [1.54, 1.807) is 18.6 Å². The monoisotopic (exact) mass is 295 g/mol. The number of carbonyl (C=O) groups is 1. The van der Waals surface area contributed by atoms with Gasteiger partial charge in [-0.3, -0.25) is 14.2 Å². The van der Waals surface area contributed by atoms with Gasteiger partial charge in [-0.1, -0.05) is 6.92 Å². The first kappa shape index (κ1) is 14.7. The Kier molecular flexibility index (Phi) is 4.20. The maximum atomic E-state index is 12.6. The first-order chi connectivity index (χ1) is 9.51. The van der Waals surface area contributed by atoms with Gasteiger partial charge in [-0.05, 0) is 12.5 Å². The summed E-state index contributed by atoms with van der Waals surface area (Å²) in [5.74, 6) is 0.170. The number of hydrogen-bond acceptors (Lipinski definition) is 5. The van der Waals surface area contributed by atoms with Crippen LogP contribution in [0, 0.1) is 6.92 Å². The summed E-state index contributed by atoms with van der Waals surface area (Å²) in [7, 11) is 1.59. The van der Waals surface area contributed by atoms with Crippen molar-refractivity contribution in [3.8, 4) is 0 Å². The van der Waals surface area contributed by atoms with E-state index in [1.165, 1.54) is 11.3 Å². The molecule has 0 bridgehead atoms. The molecule has 6 nitrogen and oxygen atoms in total. The summed E-state index contributed by atoms with van der Waals surface area (Å²) < 4.78 is 6.63. The van der Waals surface area contributed by atoms with E-state index in [2.05, 4.69) is 4.98 Å². The van der Waals surface area contributed by atoms with E-state index in [9.17, 15) is 9.59 Å². The lowest BCUT2D eigenvalue weighted by molar-refractivity contribution is 0.100. The molecule has 0 aromatic carbocycles. The third-order valence-electron chi connectivity index (χ3n) is 3.19. The number of fused-ring (bicyclic) bond motifs is 1. The Bertz CT molecular complexity index is 718. The Morgan fingerprint density at radius 2 is 2.20 bits per heavy atom. The van der Waals surface area contributed by atoms with Crippen LogP contribution in [-0.2, 0) is 17.7 Å². The zero-order valence-corrected chi connectivity index (χ0v) is 12.5. The predicted octanol–water partition coefficient (Wildman–Crippen LogP) is 1.07. The van der Waals surface area contributed by atoms with Crippen LogP contribution in [0.15, 0.2) is 4.79 Å². The molecule has 108 valence electrons. The van der Waals surface area contributed by atoms with Crippen molar-refractivity contribution in [2.24, 2.45) is 5.73 Å². The summed E-state index contributed by atoms with van der Waals surface area (Å²) in [6.07, 6.45) is 0.637. The highest BCUT2D eigenvalue weighted by molar-refractivity contribution is 7.20. The molecule has 0 aliphatic heterocycles. The fourth-order valence-corrected chi connectivity index (χ4v) is 3.22. The maximum Gasteiger partial charge on any atom is 0.262 e. The predicted molar refractivity (Wildman–Crippen MR) is 78.4 cm³/mol. The second-order valence-electron chi connectivity index (χ2n) is 4.43. The molecule has 0 fully saturated rings. The molecule has 2 N–H and O–H groups in total. The molecule has 2 aromatic rings. The number of thiophene rings is 1. The quantitative estimate of drug-likeness (QED) is 0.894. The van der Waals surface area contributed by atoms with Gasteiger partial charge in [0.1, 0.15) is 10.7 Å². The Morgan fingerprint density at radius 3 is 2.75 bits per heavy atom. The zero-order chi connectivity index (χ0) is 14.9. The Morgan fingerprint density at radius 1 is 1.50 bits per heavy atom. The summed E-state index contributed by atoms with van der Waals surface area (Å²) in [4.78, 5) is 29.4. The number of ether oxygens (including phenoxy) is 1. The molecule has 0 aliphatic carbocycles. The van der Waals surface area contributed by atoms with Crippen molar-refractivity contribution in [2.75, 3.05) is 13.7 Å². The van der Waals surface area contributed by atoms with Crippen molar-refractivity contribution < 1.29 is 9.53 Å². The molecule has 0 aliphatic rings. The lowest BCUT2D eigenvalue weighted by atomic mass is 10.2. The molecule has 2 heterocycles. The van der Waals surface area contributed by atoms with Gasteiger partial charge < -0.3 is 10.5 Å². The third kappa shape index (κ3) is 2.34. The summed E-state index contributed by atoms with van der Waals surface area (Å²) >= 11 is 1.18. The lowest BCUT2D eigenvalue weighted by Crippen LogP contribution is -2.26. The lowest BCUT2D eigenvalue weighted by Gasteiger charge is -2.10. The third-order valence-corrected chi connectivity index (χ3v) is 4.39. The fourth-order valence-electron chi connectivity index (χ4n) is 2.18. The second-order valence-corrected chi connectivity index (χ2v) is 5.43. The minimum Gasteiger partial charge on any atom is -0.383 e. The number of amides is 1. The van der Waals surface area contributed by atoms with Gasteiger partial charge in [0.05, 0.1) is 23.4 Å². The van der Waals surface area contributed by atoms with Crippen LogP contribution in [0.25, 0.3) is 10.2 Å². The summed E-state index contributed by atoms with van der Waals surface area (Å²) in [5, 5.41) is 0.483. The Labute approximate surface area is 120 Å². The molecule has 2 rings (SSSR count). The largest absolute Gasteiger partial charge is 0.383 e. The number of aryl methyl sites for hydroxylation is 2. The summed E-state index contributed by atoms with van der Waals surface area (Å²) in [6, 6.07) is 0. The minimum absolute atomic E-state index is 0.134. The van der Waals surface area contributed by atoms with Gasteiger partial charge in [0.2, 0.25) is 0 Å². The number of primary amides is 1. The smallest absolute Gasteiger partial charge is 0.262 e. The standard InChI is InChI=1S/C13H17N3O3S/c1-4-8-15-12-9(7(2)10(20-12)11(14)17)13(18)16(8)5-6-19-3/h4-6H2,1-3H3,(H2,14,17). The van der Waals surface area contributed by atoms with E-state index < -0.39 is 5.91 Å². The Hall–Kier alpha value is -1.73. The highest BCUT2D eigenvalue weighted by atomic mass is 32.1. The average molecular weight is 295 g/mol. The molecule has 2 aromatic heterocycles. The topological polar surface area (TPSA) is 87.2 Å². The van der Waals surface area contributed by atoms with E-state index in [0.29, 0.717) is 46.1 Å². The average Bonchev–Trinajstić information content (AvgIpc) is 2.75. The normalized spacial score (nSPS) is 11.2. The fraction of sp³-hybridized carbons (Fsp3) is 0.462. The van der Waals surface area contributed by atoms with Gasteiger partial charge in [-0.15, -0.1) is 11.3 Å². The summed E-state index contributed by atoms with van der Waals surface area (Å²) in [5.41, 5.74) is 5.81. The number of nitrogens with two attached hydrogens (primary N) is 1. The molecule has 0 radical (unpaired) electrons. The van der Waals surface area contributed by atoms with Crippen LogP contribution >= 0.6 is 11.3 Å². The first-order valence-electron chi connectivity index (χ1n) is 6.32. The van der Waals surface area contributed by atoms with Crippen molar-refractivity contribution in [3.63, 3.8) is 0 Å². The van der Waals surface area contributed by atoms with Gasteiger partial charge in [0.25, 0.3) is 11.5 Å². The SMILES string of the molecule is CCc1nc2sc(C(N)=O)c(C)c2c(=O)n1CCOC. The van der Waals surface area contributed by atoms with Gasteiger partial charge in [-0.25, -0.2) is 4.98 Å². The molecule has 0 unspecified atom stereocenters. The van der Waals surface area contributed by atoms with Crippen molar-refractivity contribution >= 4 is 27.5 Å². The van der Waals surface area contributed by atoms with Crippen LogP contribution in [-0.4, -0.2) is 29.2 Å². The van der Waals surface area contributed by atoms with E-state index in [0.717, 1.165) is 0 Å². The minimum atomic E-state index is -0.522. The molecule has 20 heavy (non-hydrogen) atoms. The highest BCUT2D eigenvalue weighted by Crippen LogP contribution is 2.26. The number of methoxy groups -OCH3 is 1. The van der Waals surface area contributed by atoms with Crippen molar-refractivity contribution in [1.82, 2.24) is 9.55 Å². The number of hydrogen-bond donors (Lipinski definition) is 1. The molecular formula is C13H17N3O3S. The maximum absolute atomic E-state index is 12.6. The number of nitrogens with zero attached hydrogens (tertiary/aromatic N) is 2. The zero-order valence-electron chi connectivity index (χ0n) is 11.7. The highest BCUT2D eigenvalue weighted by Gasteiger charge is 2.19. The summed E-state index contributed by atoms with van der Waals surface area (Å²) in [6.45, 7) is 4.55. The van der Waals surface area contributed by atoms with Crippen molar-refractivity contribution in [3.05, 3.63) is 26.6 Å². The van der Waals surface area contributed by atoms with Crippen LogP contribution in [0.2, 0.25) is 0 Å². The van der Waals surface area contributed by atoms with E-state index >= 15 is 0 Å². The molecule has 0 saturated heterocycles. The molecule has 1 amide bonds. The van der Waals surface area contributed by atoms with Crippen LogP contribution in [0.3, 0.4) is 0 Å². The molecule has 7 heteroatoms. The van der Waals surface area contributed by atoms with Crippen molar-refractivity contribution in [1.29, 1.82) is 0 Å². The van der Waals surface area contributed by atoms with Crippen LogP contribution < -0.4 is 11.3 Å². The number of carbonyl (C=O) groups excluding carboxylic acids is 1. The molecule has 0 saturated carbocycles. The second kappa shape index (κ2) is 5.72. The van der Waals surface area contributed by atoms with Gasteiger partial charge >= 0.3 is 0 Å². The van der Waals surface area contributed by atoms with Crippen LogP contribution in [0.4, 0.5) is 0 Å². The van der Waals surface area contributed by atoms with Crippen LogP contribution in [0.5, 0.6) is 0 Å². The molecular weight excluding hydrogens is 278 g/mol. The van der Waals surface area contributed by atoms with E-state index in [1.807, 2.05) is 6.92 Å². The van der Waals surface area contributed by atoms with E-state index in [4.69, 9.17) is 10.5 Å². The van der Waals surface area contributed by atoms with E-state index in [-0.39, 0.29) is 5.56 Å². The van der Waals surface area contributed by atoms with Crippen LogP contribution in [0.1, 0.15) is 28.0 Å². The number of rotatable bonds is 5. The number of aromatic nitrogens is 2. The first-order valence-corrected chi connectivity index (χ1v) is 7.14. The van der Waals surface area contributed by atoms with Gasteiger partial charge in [0.15, 0.2) is 0 Å².